The van der Waals surface area contributed by atoms with Gasteiger partial charge in [-0.25, -0.2) is 4.79 Å². The zero-order valence-electron chi connectivity index (χ0n) is 10.3. The van der Waals surface area contributed by atoms with Crippen LogP contribution in [-0.2, 0) is 11.8 Å². The topological polar surface area (TPSA) is 97.2 Å². The summed E-state index contributed by atoms with van der Waals surface area (Å²) in [5.41, 5.74) is 6.48. The van der Waals surface area contributed by atoms with Crippen molar-refractivity contribution in [2.45, 2.75) is 6.10 Å². The van der Waals surface area contributed by atoms with Crippen molar-refractivity contribution >= 4 is 5.69 Å². The summed E-state index contributed by atoms with van der Waals surface area (Å²) in [5.74, 6) is 0.584. The Balaban J connectivity index is 1.97. The Labute approximate surface area is 108 Å². The largest absolute Gasteiger partial charge is 0.485 e. The van der Waals surface area contributed by atoms with Crippen LogP contribution in [0.1, 0.15) is 0 Å². The van der Waals surface area contributed by atoms with Crippen molar-refractivity contribution in [1.82, 2.24) is 19.8 Å². The Morgan fingerprint density at radius 2 is 2.16 bits per heavy atom. The molecule has 0 bridgehead atoms. The van der Waals surface area contributed by atoms with E-state index in [0.717, 1.165) is 4.68 Å². The van der Waals surface area contributed by atoms with Crippen molar-refractivity contribution < 1.29 is 9.47 Å². The van der Waals surface area contributed by atoms with E-state index in [4.69, 9.17) is 15.2 Å². The highest BCUT2D eigenvalue weighted by atomic mass is 16.6. The molecule has 0 amide bonds. The quantitative estimate of drug-likeness (QED) is 0.737. The van der Waals surface area contributed by atoms with Gasteiger partial charge in [0.1, 0.15) is 11.9 Å². The minimum absolute atomic E-state index is 0.0354. The molecule has 0 radical (unpaired) electrons. The number of ether oxygens (including phenoxy) is 2. The Hall–Kier alpha value is -2.35. The molecule has 100 valence electrons. The second-order valence-corrected chi connectivity index (χ2v) is 4.33. The summed E-state index contributed by atoms with van der Waals surface area (Å²) in [6.45, 7) is 1.13. The number of nitrogens with two attached hydrogens (primary N) is 1. The summed E-state index contributed by atoms with van der Waals surface area (Å²) >= 11 is 0. The van der Waals surface area contributed by atoms with E-state index in [2.05, 4.69) is 10.4 Å². The second-order valence-electron chi connectivity index (χ2n) is 4.33. The van der Waals surface area contributed by atoms with Crippen molar-refractivity contribution in [3.8, 4) is 11.4 Å². The van der Waals surface area contributed by atoms with Gasteiger partial charge in [0.15, 0.2) is 0 Å². The van der Waals surface area contributed by atoms with Gasteiger partial charge in [0.25, 0.3) is 0 Å². The molecule has 0 aliphatic carbocycles. The Morgan fingerprint density at radius 1 is 1.37 bits per heavy atom. The molecule has 1 aromatic heterocycles. The third-order valence-electron chi connectivity index (χ3n) is 2.79. The molecule has 2 heterocycles. The second kappa shape index (κ2) is 4.39. The van der Waals surface area contributed by atoms with Crippen molar-refractivity contribution in [3.05, 3.63) is 28.7 Å². The number of tetrazole rings is 1. The van der Waals surface area contributed by atoms with Gasteiger partial charge in [0.2, 0.25) is 0 Å². The predicted octanol–water partition coefficient (Wildman–Crippen LogP) is -0.674. The minimum atomic E-state index is -0.344. The lowest BCUT2D eigenvalue weighted by Gasteiger charge is -2.26. The van der Waals surface area contributed by atoms with Crippen LogP contribution in [0.15, 0.2) is 23.0 Å². The lowest BCUT2D eigenvalue weighted by molar-refractivity contribution is -0.0796. The predicted molar refractivity (Wildman–Crippen MR) is 66.2 cm³/mol. The number of rotatable bonds is 3. The molecule has 1 fully saturated rings. The fraction of sp³-hybridized carbons (Fsp3) is 0.364. The maximum atomic E-state index is 11.8. The van der Waals surface area contributed by atoms with Crippen LogP contribution < -0.4 is 16.2 Å². The summed E-state index contributed by atoms with van der Waals surface area (Å²) in [6.07, 6.45) is 0.0354. The number of benzene rings is 1. The molecule has 2 aromatic rings. The van der Waals surface area contributed by atoms with E-state index in [0.29, 0.717) is 30.3 Å². The molecule has 0 spiro atoms. The minimum Gasteiger partial charge on any atom is -0.485 e. The molecular weight excluding hydrogens is 250 g/mol. The van der Waals surface area contributed by atoms with Crippen molar-refractivity contribution in [2.75, 3.05) is 18.9 Å². The van der Waals surface area contributed by atoms with Gasteiger partial charge in [-0.3, -0.25) is 0 Å². The highest BCUT2D eigenvalue weighted by molar-refractivity contribution is 5.53. The molecule has 1 aliphatic rings. The molecule has 1 aliphatic heterocycles. The highest BCUT2D eigenvalue weighted by Gasteiger charge is 2.20. The summed E-state index contributed by atoms with van der Waals surface area (Å²) in [7, 11) is 1.53. The van der Waals surface area contributed by atoms with Gasteiger partial charge in [-0.15, -0.1) is 0 Å². The van der Waals surface area contributed by atoms with E-state index in [1.807, 2.05) is 0 Å². The van der Waals surface area contributed by atoms with E-state index < -0.39 is 0 Å². The molecule has 19 heavy (non-hydrogen) atoms. The average molecular weight is 263 g/mol. The van der Waals surface area contributed by atoms with Gasteiger partial charge in [0, 0.05) is 24.9 Å². The number of anilines is 1. The van der Waals surface area contributed by atoms with Crippen LogP contribution in [0.2, 0.25) is 0 Å². The van der Waals surface area contributed by atoms with Crippen molar-refractivity contribution in [3.63, 3.8) is 0 Å². The Kier molecular flexibility index (Phi) is 2.71. The van der Waals surface area contributed by atoms with E-state index in [1.165, 1.54) is 11.7 Å². The normalized spacial score (nSPS) is 15.2. The van der Waals surface area contributed by atoms with Gasteiger partial charge in [-0.1, -0.05) is 0 Å². The first kappa shape index (κ1) is 11.7. The monoisotopic (exact) mass is 263 g/mol. The average Bonchev–Trinajstić information content (AvgIpc) is 2.64. The fourth-order valence-electron chi connectivity index (χ4n) is 1.75. The molecular formula is C11H13N5O3. The zero-order chi connectivity index (χ0) is 13.4. The first-order valence-electron chi connectivity index (χ1n) is 5.78. The number of aromatic nitrogens is 4. The number of nitrogen functional groups attached to an aromatic ring is 1. The number of hydrogen-bond acceptors (Lipinski definition) is 6. The summed E-state index contributed by atoms with van der Waals surface area (Å²) in [5, 5.41) is 7.42. The van der Waals surface area contributed by atoms with Crippen molar-refractivity contribution in [1.29, 1.82) is 0 Å². The van der Waals surface area contributed by atoms with E-state index in [-0.39, 0.29) is 11.8 Å². The Morgan fingerprint density at radius 3 is 2.74 bits per heavy atom. The standard InChI is InChI=1S/C11H13N5O3/c1-15-11(17)16(14-13-15)8-2-7(12)3-9(4-8)19-10-5-18-6-10/h2-4,10H,5-6,12H2,1H3. The Bertz CT molecular complexity index is 659. The fourth-order valence-corrected chi connectivity index (χ4v) is 1.75. The summed E-state index contributed by atoms with van der Waals surface area (Å²) < 4.78 is 13.0. The lowest BCUT2D eigenvalue weighted by atomic mass is 10.2. The maximum absolute atomic E-state index is 11.8. The first-order chi connectivity index (χ1) is 9.13. The summed E-state index contributed by atoms with van der Waals surface area (Å²) in [4.78, 5) is 11.8. The first-order valence-corrected chi connectivity index (χ1v) is 5.78. The number of hydrogen-bond donors (Lipinski definition) is 1. The van der Waals surface area contributed by atoms with Gasteiger partial charge >= 0.3 is 5.69 Å². The van der Waals surface area contributed by atoms with Crippen LogP contribution in [0, 0.1) is 0 Å². The zero-order valence-corrected chi connectivity index (χ0v) is 10.3. The molecule has 3 rings (SSSR count). The van der Waals surface area contributed by atoms with Crippen molar-refractivity contribution in [2.24, 2.45) is 7.05 Å². The lowest BCUT2D eigenvalue weighted by Crippen LogP contribution is -2.38. The summed E-state index contributed by atoms with van der Waals surface area (Å²) in [6, 6.07) is 5.04. The van der Waals surface area contributed by atoms with Crippen LogP contribution in [0.3, 0.4) is 0 Å². The van der Waals surface area contributed by atoms with Crippen LogP contribution in [0.5, 0.6) is 5.75 Å². The SMILES string of the molecule is Cn1nnn(-c2cc(N)cc(OC3COC3)c2)c1=O. The molecule has 8 heteroatoms. The van der Waals surface area contributed by atoms with Gasteiger partial charge in [0.05, 0.1) is 18.9 Å². The van der Waals surface area contributed by atoms with E-state index >= 15 is 0 Å². The van der Waals surface area contributed by atoms with Crippen LogP contribution in [0.4, 0.5) is 5.69 Å². The molecule has 0 saturated carbocycles. The number of nitrogens with zero attached hydrogens (tertiary/aromatic N) is 4. The van der Waals surface area contributed by atoms with Crippen LogP contribution in [0.25, 0.3) is 5.69 Å². The van der Waals surface area contributed by atoms with E-state index in [1.54, 1.807) is 18.2 Å². The molecule has 2 N–H and O–H groups in total. The molecule has 0 atom stereocenters. The smallest absolute Gasteiger partial charge is 0.368 e. The molecule has 0 unspecified atom stereocenters. The van der Waals surface area contributed by atoms with Crippen LogP contribution >= 0.6 is 0 Å². The van der Waals surface area contributed by atoms with Crippen LogP contribution in [-0.4, -0.2) is 39.1 Å². The van der Waals surface area contributed by atoms with Gasteiger partial charge in [-0.2, -0.15) is 9.36 Å². The van der Waals surface area contributed by atoms with E-state index in [9.17, 15) is 4.79 Å². The molecule has 1 aromatic carbocycles. The highest BCUT2D eigenvalue weighted by Crippen LogP contribution is 2.23. The molecule has 1 saturated heterocycles. The van der Waals surface area contributed by atoms with Gasteiger partial charge < -0.3 is 15.2 Å². The third kappa shape index (κ3) is 2.17. The maximum Gasteiger partial charge on any atom is 0.368 e. The van der Waals surface area contributed by atoms with Gasteiger partial charge in [-0.05, 0) is 16.5 Å². The third-order valence-corrected chi connectivity index (χ3v) is 2.79. The number of aryl methyl sites for hydroxylation is 1. The molecule has 8 nitrogen and oxygen atoms in total.